The number of ether oxygens (including phenoxy) is 1. The smallest absolute Gasteiger partial charge is 0.387 e. The summed E-state index contributed by atoms with van der Waals surface area (Å²) in [7, 11) is 0. The van der Waals surface area contributed by atoms with Gasteiger partial charge in [-0.3, -0.25) is 14.5 Å². The van der Waals surface area contributed by atoms with E-state index in [1.807, 2.05) is 6.92 Å². The van der Waals surface area contributed by atoms with E-state index in [9.17, 15) is 23.2 Å². The number of benzene rings is 2. The fourth-order valence-corrected chi connectivity index (χ4v) is 4.10. The third-order valence-electron chi connectivity index (χ3n) is 5.78. The molecule has 174 valence electrons. The molecule has 0 saturated carbocycles. The van der Waals surface area contributed by atoms with E-state index in [0.29, 0.717) is 31.7 Å². The van der Waals surface area contributed by atoms with Gasteiger partial charge in [-0.2, -0.15) is 8.78 Å². The number of aryl methyl sites for hydroxylation is 1. The Morgan fingerprint density at radius 1 is 0.970 bits per heavy atom. The summed E-state index contributed by atoms with van der Waals surface area (Å²) < 4.78 is 29.8. The number of nitrogens with zero attached hydrogens (tertiary/aromatic N) is 3. The molecule has 2 heterocycles. The van der Waals surface area contributed by atoms with Gasteiger partial charge in [-0.05, 0) is 42.8 Å². The maximum atomic E-state index is 13.0. The molecule has 0 spiro atoms. The van der Waals surface area contributed by atoms with Crippen molar-refractivity contribution in [1.82, 2.24) is 15.1 Å². The van der Waals surface area contributed by atoms with E-state index < -0.39 is 12.5 Å². The van der Waals surface area contributed by atoms with Crippen molar-refractivity contribution < 1.29 is 27.9 Å². The SMILES string of the molecule is Cc1cc(C(=O)N2CCN(C(=O)c3ccccc3OC(F)F)CC2)ccc1N1CCNC1=O. The van der Waals surface area contributed by atoms with Crippen LogP contribution in [0.2, 0.25) is 0 Å². The first-order valence-corrected chi connectivity index (χ1v) is 10.6. The quantitative estimate of drug-likeness (QED) is 0.747. The van der Waals surface area contributed by atoms with Crippen molar-refractivity contribution in [3.8, 4) is 5.75 Å². The first kappa shape index (κ1) is 22.5. The molecule has 2 saturated heterocycles. The number of carbonyl (C=O) groups excluding carboxylic acids is 3. The summed E-state index contributed by atoms with van der Waals surface area (Å²) in [5.41, 5.74) is 2.16. The molecule has 0 atom stereocenters. The molecule has 33 heavy (non-hydrogen) atoms. The number of anilines is 1. The third kappa shape index (κ3) is 4.74. The van der Waals surface area contributed by atoms with Gasteiger partial charge in [0.25, 0.3) is 11.8 Å². The summed E-state index contributed by atoms with van der Waals surface area (Å²) in [6.07, 6.45) is 0. The maximum absolute atomic E-state index is 13.0. The van der Waals surface area contributed by atoms with Gasteiger partial charge in [-0.25, -0.2) is 4.79 Å². The monoisotopic (exact) mass is 458 g/mol. The molecule has 0 unspecified atom stereocenters. The molecule has 1 N–H and O–H groups in total. The van der Waals surface area contributed by atoms with Gasteiger partial charge in [0.2, 0.25) is 0 Å². The third-order valence-corrected chi connectivity index (χ3v) is 5.78. The van der Waals surface area contributed by atoms with E-state index in [4.69, 9.17) is 0 Å². The molecule has 10 heteroatoms. The molecule has 0 bridgehead atoms. The van der Waals surface area contributed by atoms with Crippen LogP contribution in [0.1, 0.15) is 26.3 Å². The van der Waals surface area contributed by atoms with E-state index in [0.717, 1.165) is 11.3 Å². The zero-order valence-electron chi connectivity index (χ0n) is 18.1. The van der Waals surface area contributed by atoms with Crippen LogP contribution in [-0.2, 0) is 0 Å². The molecule has 4 rings (SSSR count). The number of halogens is 2. The molecule has 0 aliphatic carbocycles. The number of hydrogen-bond donors (Lipinski definition) is 1. The highest BCUT2D eigenvalue weighted by Gasteiger charge is 2.28. The van der Waals surface area contributed by atoms with Crippen LogP contribution in [-0.4, -0.2) is 73.5 Å². The van der Waals surface area contributed by atoms with Crippen molar-refractivity contribution in [2.75, 3.05) is 44.2 Å². The molecule has 0 radical (unpaired) electrons. The highest BCUT2D eigenvalue weighted by Crippen LogP contribution is 2.25. The van der Waals surface area contributed by atoms with E-state index in [1.54, 1.807) is 34.1 Å². The maximum Gasteiger partial charge on any atom is 0.387 e. The highest BCUT2D eigenvalue weighted by atomic mass is 19.3. The minimum Gasteiger partial charge on any atom is -0.434 e. The van der Waals surface area contributed by atoms with Crippen LogP contribution in [0.25, 0.3) is 0 Å². The normalized spacial score (nSPS) is 16.2. The average Bonchev–Trinajstić information content (AvgIpc) is 3.23. The molecule has 2 aliphatic heterocycles. The number of rotatable bonds is 5. The first-order valence-electron chi connectivity index (χ1n) is 10.6. The minimum atomic E-state index is -3.02. The Bertz CT molecular complexity index is 1070. The van der Waals surface area contributed by atoms with Gasteiger partial charge >= 0.3 is 12.6 Å². The second-order valence-corrected chi connectivity index (χ2v) is 7.84. The van der Waals surface area contributed by atoms with Gasteiger partial charge < -0.3 is 19.9 Å². The van der Waals surface area contributed by atoms with E-state index in [1.165, 1.54) is 23.1 Å². The van der Waals surface area contributed by atoms with Crippen LogP contribution < -0.4 is 15.0 Å². The molecule has 2 aromatic rings. The number of piperazine rings is 1. The van der Waals surface area contributed by atoms with Gasteiger partial charge in [0, 0.05) is 50.5 Å². The van der Waals surface area contributed by atoms with Crippen molar-refractivity contribution >= 4 is 23.5 Å². The van der Waals surface area contributed by atoms with Crippen molar-refractivity contribution in [1.29, 1.82) is 0 Å². The summed E-state index contributed by atoms with van der Waals surface area (Å²) in [4.78, 5) is 42.6. The fourth-order valence-electron chi connectivity index (χ4n) is 4.10. The molecule has 2 fully saturated rings. The molecule has 0 aromatic heterocycles. The number of para-hydroxylation sites is 1. The lowest BCUT2D eigenvalue weighted by molar-refractivity contribution is -0.0503. The number of hydrogen-bond acceptors (Lipinski definition) is 4. The van der Waals surface area contributed by atoms with Crippen LogP contribution in [0.5, 0.6) is 5.75 Å². The summed E-state index contributed by atoms with van der Waals surface area (Å²) in [6, 6.07) is 11.0. The number of urea groups is 1. The Hall–Kier alpha value is -3.69. The topological polar surface area (TPSA) is 82.2 Å². The number of amides is 4. The van der Waals surface area contributed by atoms with Gasteiger partial charge in [0.05, 0.1) is 5.56 Å². The second kappa shape index (κ2) is 9.43. The van der Waals surface area contributed by atoms with Crippen LogP contribution in [0.15, 0.2) is 42.5 Å². The van der Waals surface area contributed by atoms with Gasteiger partial charge in [0.1, 0.15) is 5.75 Å². The predicted molar refractivity (Wildman–Crippen MR) is 117 cm³/mol. The number of carbonyl (C=O) groups is 3. The zero-order chi connectivity index (χ0) is 23.5. The Kier molecular flexibility index (Phi) is 6.43. The summed E-state index contributed by atoms with van der Waals surface area (Å²) in [5.74, 6) is -0.746. The average molecular weight is 458 g/mol. The lowest BCUT2D eigenvalue weighted by Gasteiger charge is -2.35. The lowest BCUT2D eigenvalue weighted by atomic mass is 10.1. The van der Waals surface area contributed by atoms with Crippen LogP contribution in [0.4, 0.5) is 19.3 Å². The minimum absolute atomic E-state index is 0.0646. The van der Waals surface area contributed by atoms with Crippen molar-refractivity contribution in [2.45, 2.75) is 13.5 Å². The Labute approximate surface area is 189 Å². The first-order chi connectivity index (χ1) is 15.8. The van der Waals surface area contributed by atoms with Gasteiger partial charge in [-0.15, -0.1) is 0 Å². The Balaban J connectivity index is 1.40. The summed E-state index contributed by atoms with van der Waals surface area (Å²) in [6.45, 7) is 1.18. The highest BCUT2D eigenvalue weighted by molar-refractivity contribution is 5.99. The molecule has 2 aromatic carbocycles. The molecule has 4 amide bonds. The van der Waals surface area contributed by atoms with E-state index >= 15 is 0 Å². The Morgan fingerprint density at radius 2 is 1.64 bits per heavy atom. The Morgan fingerprint density at radius 3 is 2.24 bits per heavy atom. The van der Waals surface area contributed by atoms with Crippen molar-refractivity contribution in [3.05, 3.63) is 59.2 Å². The second-order valence-electron chi connectivity index (χ2n) is 7.84. The zero-order valence-corrected chi connectivity index (χ0v) is 18.1. The van der Waals surface area contributed by atoms with Crippen molar-refractivity contribution in [3.63, 3.8) is 0 Å². The van der Waals surface area contributed by atoms with Crippen LogP contribution >= 0.6 is 0 Å². The van der Waals surface area contributed by atoms with E-state index in [-0.39, 0.29) is 36.3 Å². The van der Waals surface area contributed by atoms with Crippen molar-refractivity contribution in [2.24, 2.45) is 0 Å². The molecule has 2 aliphatic rings. The van der Waals surface area contributed by atoms with Gasteiger partial charge in [0.15, 0.2) is 0 Å². The standard InChI is InChI=1S/C23H24F2N4O4/c1-15-14-16(6-7-18(15)29-9-8-26-23(29)32)20(30)27-10-12-28(13-11-27)21(31)17-4-2-3-5-19(17)33-22(24)25/h2-7,14,22H,8-13H2,1H3,(H,26,32). The molecular formula is C23H24F2N4O4. The fraction of sp³-hybridized carbons (Fsp3) is 0.348. The predicted octanol–water partition coefficient (Wildman–Crippen LogP) is 2.72. The molecule has 8 nitrogen and oxygen atoms in total. The molecular weight excluding hydrogens is 434 g/mol. The van der Waals surface area contributed by atoms with Crippen LogP contribution in [0.3, 0.4) is 0 Å². The summed E-state index contributed by atoms with van der Waals surface area (Å²) in [5, 5.41) is 2.76. The van der Waals surface area contributed by atoms with Gasteiger partial charge in [-0.1, -0.05) is 12.1 Å². The lowest BCUT2D eigenvalue weighted by Crippen LogP contribution is -2.50. The van der Waals surface area contributed by atoms with Crippen LogP contribution in [0, 0.1) is 6.92 Å². The largest absolute Gasteiger partial charge is 0.434 e. The summed E-state index contributed by atoms with van der Waals surface area (Å²) >= 11 is 0. The number of alkyl halides is 2. The van der Waals surface area contributed by atoms with E-state index in [2.05, 4.69) is 10.1 Å². The number of nitrogens with one attached hydrogen (secondary N) is 1.